The second-order valence-electron chi connectivity index (χ2n) is 7.04. The highest BCUT2D eigenvalue weighted by molar-refractivity contribution is 5.93. The van der Waals surface area contributed by atoms with Gasteiger partial charge in [-0.25, -0.2) is 0 Å². The Hall–Kier alpha value is -2.11. The first kappa shape index (κ1) is 16.7. The Morgan fingerprint density at radius 2 is 2.00 bits per heavy atom. The number of hydrogen-bond acceptors (Lipinski definition) is 3. The van der Waals surface area contributed by atoms with Gasteiger partial charge in [0.15, 0.2) is 0 Å². The van der Waals surface area contributed by atoms with Crippen molar-refractivity contribution < 1.29 is 9.59 Å². The number of likely N-dealkylation sites (tertiary alicyclic amines) is 1. The molecule has 1 N–H and O–H groups in total. The van der Waals surface area contributed by atoms with Gasteiger partial charge in [0.1, 0.15) is 0 Å². The molecule has 24 heavy (non-hydrogen) atoms. The lowest BCUT2D eigenvalue weighted by molar-refractivity contribution is -0.127. The van der Waals surface area contributed by atoms with Gasteiger partial charge in [-0.1, -0.05) is 5.57 Å². The predicted octanol–water partition coefficient (Wildman–Crippen LogP) is 1.74. The van der Waals surface area contributed by atoms with E-state index in [4.69, 9.17) is 0 Å². The number of aryl methyl sites for hydroxylation is 1. The topological polar surface area (TPSA) is 67.2 Å². The average Bonchev–Trinajstić information content (AvgIpc) is 3.34. The normalized spacial score (nSPS) is 19.4. The van der Waals surface area contributed by atoms with Gasteiger partial charge in [0, 0.05) is 39.0 Å². The number of nitrogens with zero attached hydrogens (tertiary/aromatic N) is 3. The van der Waals surface area contributed by atoms with Crippen LogP contribution in [0.2, 0.25) is 0 Å². The molecule has 1 saturated carbocycles. The summed E-state index contributed by atoms with van der Waals surface area (Å²) in [5, 5.41) is 6.98. The molecule has 2 amide bonds. The van der Waals surface area contributed by atoms with Crippen LogP contribution in [0.15, 0.2) is 24.0 Å². The molecule has 1 saturated heterocycles. The number of aromatic nitrogens is 2. The first-order chi connectivity index (χ1) is 11.5. The van der Waals surface area contributed by atoms with E-state index in [-0.39, 0.29) is 11.8 Å². The fourth-order valence-corrected chi connectivity index (χ4v) is 3.18. The zero-order valence-corrected chi connectivity index (χ0v) is 14.5. The molecular formula is C18H26N4O2. The van der Waals surface area contributed by atoms with Crippen LogP contribution in [0.3, 0.4) is 0 Å². The summed E-state index contributed by atoms with van der Waals surface area (Å²) in [7, 11) is 1.79. The first-order valence-electron chi connectivity index (χ1n) is 8.77. The van der Waals surface area contributed by atoms with Gasteiger partial charge in [0.2, 0.25) is 5.91 Å². The Labute approximate surface area is 142 Å². The maximum Gasteiger partial charge on any atom is 0.254 e. The van der Waals surface area contributed by atoms with E-state index in [1.165, 1.54) is 18.4 Å². The van der Waals surface area contributed by atoms with E-state index in [0.717, 1.165) is 25.9 Å². The van der Waals surface area contributed by atoms with Gasteiger partial charge in [-0.3, -0.25) is 14.3 Å². The van der Waals surface area contributed by atoms with Gasteiger partial charge in [-0.2, -0.15) is 5.10 Å². The standard InChI is InChI=1S/C18H26N4O2/c1-13(15-3-4-15)9-17(23)22-7-5-14(6-8-22)10-19-18(24)16-11-20-21(2)12-16/h9,11-12,14-15H,3-8,10H2,1-2H3,(H,19,24). The summed E-state index contributed by atoms with van der Waals surface area (Å²) in [4.78, 5) is 26.2. The number of nitrogens with one attached hydrogen (secondary N) is 1. The smallest absolute Gasteiger partial charge is 0.254 e. The van der Waals surface area contributed by atoms with Gasteiger partial charge in [0.05, 0.1) is 11.8 Å². The van der Waals surface area contributed by atoms with Gasteiger partial charge < -0.3 is 10.2 Å². The maximum absolute atomic E-state index is 12.3. The number of allylic oxidation sites excluding steroid dienone is 1. The van der Waals surface area contributed by atoms with Gasteiger partial charge in [-0.15, -0.1) is 0 Å². The lowest BCUT2D eigenvalue weighted by Crippen LogP contribution is -2.41. The van der Waals surface area contributed by atoms with Crippen molar-refractivity contribution in [2.75, 3.05) is 19.6 Å². The van der Waals surface area contributed by atoms with Crippen LogP contribution in [0.25, 0.3) is 0 Å². The summed E-state index contributed by atoms with van der Waals surface area (Å²) >= 11 is 0. The van der Waals surface area contributed by atoms with Crippen LogP contribution >= 0.6 is 0 Å². The Bertz CT molecular complexity index is 637. The molecule has 130 valence electrons. The lowest BCUT2D eigenvalue weighted by Gasteiger charge is -2.31. The van der Waals surface area contributed by atoms with Crippen LogP contribution in [0.1, 0.15) is 43.0 Å². The van der Waals surface area contributed by atoms with Crippen LogP contribution in [0.4, 0.5) is 0 Å². The third-order valence-corrected chi connectivity index (χ3v) is 5.02. The van der Waals surface area contributed by atoms with E-state index in [0.29, 0.717) is 23.9 Å². The molecule has 3 rings (SSSR count). The van der Waals surface area contributed by atoms with Crippen molar-refractivity contribution in [1.82, 2.24) is 20.0 Å². The first-order valence-corrected chi connectivity index (χ1v) is 8.77. The van der Waals surface area contributed by atoms with E-state index in [1.807, 2.05) is 11.0 Å². The van der Waals surface area contributed by atoms with Gasteiger partial charge >= 0.3 is 0 Å². The van der Waals surface area contributed by atoms with Gasteiger partial charge in [-0.05, 0) is 44.4 Å². The molecule has 2 aliphatic rings. The minimum absolute atomic E-state index is 0.0791. The number of carbonyl (C=O) groups is 2. The monoisotopic (exact) mass is 330 g/mol. The van der Waals surface area contributed by atoms with Crippen molar-refractivity contribution in [3.05, 3.63) is 29.6 Å². The summed E-state index contributed by atoms with van der Waals surface area (Å²) in [6, 6.07) is 0. The largest absolute Gasteiger partial charge is 0.352 e. The summed E-state index contributed by atoms with van der Waals surface area (Å²) in [6.45, 7) is 4.28. The molecular weight excluding hydrogens is 304 g/mol. The fraction of sp³-hybridized carbons (Fsp3) is 0.611. The van der Waals surface area contributed by atoms with Crippen molar-refractivity contribution in [2.24, 2.45) is 18.9 Å². The summed E-state index contributed by atoms with van der Waals surface area (Å²) in [6.07, 6.45) is 9.45. The Morgan fingerprint density at radius 3 is 2.58 bits per heavy atom. The van der Waals surface area contributed by atoms with Crippen molar-refractivity contribution in [3.63, 3.8) is 0 Å². The van der Waals surface area contributed by atoms with Crippen molar-refractivity contribution in [1.29, 1.82) is 0 Å². The molecule has 6 heteroatoms. The van der Waals surface area contributed by atoms with E-state index in [2.05, 4.69) is 17.3 Å². The molecule has 0 unspecified atom stereocenters. The molecule has 2 heterocycles. The Kier molecular flexibility index (Phi) is 5.02. The number of hydrogen-bond donors (Lipinski definition) is 1. The van der Waals surface area contributed by atoms with Crippen LogP contribution in [0, 0.1) is 11.8 Å². The number of rotatable bonds is 5. The summed E-state index contributed by atoms with van der Waals surface area (Å²) in [5.74, 6) is 1.15. The van der Waals surface area contributed by atoms with E-state index < -0.39 is 0 Å². The molecule has 1 aliphatic carbocycles. The second kappa shape index (κ2) is 7.20. The zero-order chi connectivity index (χ0) is 17.1. The maximum atomic E-state index is 12.3. The van der Waals surface area contributed by atoms with E-state index in [9.17, 15) is 9.59 Å². The van der Waals surface area contributed by atoms with E-state index in [1.54, 1.807) is 24.1 Å². The number of carbonyl (C=O) groups excluding carboxylic acids is 2. The molecule has 1 aromatic rings. The Morgan fingerprint density at radius 1 is 1.29 bits per heavy atom. The predicted molar refractivity (Wildman–Crippen MR) is 91.3 cm³/mol. The van der Waals surface area contributed by atoms with Crippen LogP contribution in [0.5, 0.6) is 0 Å². The molecule has 2 fully saturated rings. The minimum Gasteiger partial charge on any atom is -0.352 e. The van der Waals surface area contributed by atoms with E-state index >= 15 is 0 Å². The Balaban J connectivity index is 1.41. The summed E-state index contributed by atoms with van der Waals surface area (Å²) in [5.41, 5.74) is 1.82. The van der Waals surface area contributed by atoms with Crippen molar-refractivity contribution in [3.8, 4) is 0 Å². The molecule has 0 aromatic carbocycles. The highest BCUT2D eigenvalue weighted by Gasteiger charge is 2.26. The number of amides is 2. The quantitative estimate of drug-likeness (QED) is 0.836. The van der Waals surface area contributed by atoms with Crippen LogP contribution in [-0.2, 0) is 11.8 Å². The molecule has 0 spiro atoms. The number of piperidine rings is 1. The highest BCUT2D eigenvalue weighted by Crippen LogP contribution is 2.36. The summed E-state index contributed by atoms with van der Waals surface area (Å²) < 4.78 is 1.62. The molecule has 0 atom stereocenters. The highest BCUT2D eigenvalue weighted by atomic mass is 16.2. The molecule has 1 aliphatic heterocycles. The van der Waals surface area contributed by atoms with Crippen molar-refractivity contribution in [2.45, 2.75) is 32.6 Å². The minimum atomic E-state index is -0.0791. The third kappa shape index (κ3) is 4.24. The zero-order valence-electron chi connectivity index (χ0n) is 14.5. The molecule has 0 radical (unpaired) electrons. The molecule has 6 nitrogen and oxygen atoms in total. The fourth-order valence-electron chi connectivity index (χ4n) is 3.18. The van der Waals surface area contributed by atoms with Crippen LogP contribution in [-0.4, -0.2) is 46.1 Å². The lowest BCUT2D eigenvalue weighted by atomic mass is 9.96. The SMILES string of the molecule is CC(=CC(=O)N1CCC(CNC(=O)c2cnn(C)c2)CC1)C1CC1. The molecule has 0 bridgehead atoms. The van der Waals surface area contributed by atoms with Crippen LogP contribution < -0.4 is 5.32 Å². The second-order valence-corrected chi connectivity index (χ2v) is 7.04. The third-order valence-electron chi connectivity index (χ3n) is 5.02. The van der Waals surface area contributed by atoms with Crippen molar-refractivity contribution >= 4 is 11.8 Å². The molecule has 1 aromatic heterocycles. The van der Waals surface area contributed by atoms with Gasteiger partial charge in [0.25, 0.3) is 5.91 Å². The average molecular weight is 330 g/mol.